The molecular formula is C13H16N2O3. The van der Waals surface area contributed by atoms with Crippen LogP contribution in [0.15, 0.2) is 12.1 Å². The number of rotatable bonds is 5. The zero-order valence-electron chi connectivity index (χ0n) is 10.5. The molecule has 0 atom stereocenters. The maximum Gasteiger partial charge on any atom is 0.310 e. The Kier molecular flexibility index (Phi) is 5.15. The van der Waals surface area contributed by atoms with Gasteiger partial charge >= 0.3 is 5.97 Å². The van der Waals surface area contributed by atoms with Crippen LogP contribution in [0.2, 0.25) is 0 Å². The van der Waals surface area contributed by atoms with Gasteiger partial charge in [0.2, 0.25) is 0 Å². The molecule has 0 fully saturated rings. The van der Waals surface area contributed by atoms with Crippen LogP contribution in [-0.4, -0.2) is 19.7 Å². The molecule has 0 saturated heterocycles. The molecule has 0 amide bonds. The van der Waals surface area contributed by atoms with Gasteiger partial charge in [0, 0.05) is 12.1 Å². The number of methoxy groups -OCH3 is 1. The second kappa shape index (κ2) is 6.62. The first-order valence-corrected chi connectivity index (χ1v) is 5.61. The van der Waals surface area contributed by atoms with E-state index in [0.717, 1.165) is 5.56 Å². The SMILES string of the molecule is CCOC(=O)Cc1c(CN)cc(C#N)cc1OC. The Morgan fingerprint density at radius 3 is 2.72 bits per heavy atom. The molecule has 0 aliphatic rings. The normalized spacial score (nSPS) is 9.67. The molecule has 5 nitrogen and oxygen atoms in total. The molecule has 0 aliphatic heterocycles. The largest absolute Gasteiger partial charge is 0.496 e. The number of carbonyl (C=O) groups is 1. The molecule has 5 heteroatoms. The molecule has 0 unspecified atom stereocenters. The standard InChI is InChI=1S/C13H16N2O3/c1-3-18-13(16)6-11-10(8-15)4-9(7-14)5-12(11)17-2/h4-5H,3,6,8,15H2,1-2H3. The van der Waals surface area contributed by atoms with Gasteiger partial charge in [-0.3, -0.25) is 4.79 Å². The van der Waals surface area contributed by atoms with Gasteiger partial charge in [-0.1, -0.05) is 0 Å². The Morgan fingerprint density at radius 1 is 1.50 bits per heavy atom. The number of nitrogens with two attached hydrogens (primary N) is 1. The van der Waals surface area contributed by atoms with E-state index in [0.29, 0.717) is 23.5 Å². The summed E-state index contributed by atoms with van der Waals surface area (Å²) < 4.78 is 10.1. The molecular weight excluding hydrogens is 232 g/mol. The summed E-state index contributed by atoms with van der Waals surface area (Å²) >= 11 is 0. The lowest BCUT2D eigenvalue weighted by Gasteiger charge is -2.13. The molecule has 1 rings (SSSR count). The molecule has 0 spiro atoms. The molecule has 18 heavy (non-hydrogen) atoms. The average Bonchev–Trinajstić information content (AvgIpc) is 2.39. The van der Waals surface area contributed by atoms with Gasteiger partial charge in [0.15, 0.2) is 0 Å². The van der Waals surface area contributed by atoms with Gasteiger partial charge in [-0.05, 0) is 24.6 Å². The summed E-state index contributed by atoms with van der Waals surface area (Å²) in [4.78, 5) is 11.5. The van der Waals surface area contributed by atoms with E-state index in [1.165, 1.54) is 7.11 Å². The van der Waals surface area contributed by atoms with Crippen LogP contribution in [0.25, 0.3) is 0 Å². The summed E-state index contributed by atoms with van der Waals surface area (Å²) in [6, 6.07) is 5.29. The van der Waals surface area contributed by atoms with E-state index in [4.69, 9.17) is 20.5 Å². The van der Waals surface area contributed by atoms with Crippen LogP contribution in [0.5, 0.6) is 5.75 Å². The number of carbonyl (C=O) groups excluding carboxylic acids is 1. The van der Waals surface area contributed by atoms with Crippen LogP contribution in [0.3, 0.4) is 0 Å². The van der Waals surface area contributed by atoms with Crippen molar-refractivity contribution < 1.29 is 14.3 Å². The van der Waals surface area contributed by atoms with Gasteiger partial charge in [0.25, 0.3) is 0 Å². The van der Waals surface area contributed by atoms with Crippen LogP contribution >= 0.6 is 0 Å². The van der Waals surface area contributed by atoms with Crippen molar-refractivity contribution >= 4 is 5.97 Å². The van der Waals surface area contributed by atoms with E-state index in [9.17, 15) is 4.79 Å². The van der Waals surface area contributed by atoms with Gasteiger partial charge in [0.05, 0.1) is 31.8 Å². The topological polar surface area (TPSA) is 85.3 Å². The zero-order valence-corrected chi connectivity index (χ0v) is 10.5. The second-order valence-corrected chi connectivity index (χ2v) is 3.61. The lowest BCUT2D eigenvalue weighted by atomic mass is 10.0. The maximum atomic E-state index is 11.5. The summed E-state index contributed by atoms with van der Waals surface area (Å²) in [6.07, 6.45) is 0.0925. The second-order valence-electron chi connectivity index (χ2n) is 3.61. The van der Waals surface area contributed by atoms with Crippen LogP contribution in [0.4, 0.5) is 0 Å². The third-order valence-corrected chi connectivity index (χ3v) is 2.50. The average molecular weight is 248 g/mol. The van der Waals surface area contributed by atoms with E-state index in [1.54, 1.807) is 19.1 Å². The molecule has 0 bridgehead atoms. The highest BCUT2D eigenvalue weighted by atomic mass is 16.5. The minimum absolute atomic E-state index is 0.0925. The first-order valence-electron chi connectivity index (χ1n) is 5.61. The fourth-order valence-corrected chi connectivity index (χ4v) is 1.69. The molecule has 0 aromatic heterocycles. The first kappa shape index (κ1) is 14.0. The summed E-state index contributed by atoms with van der Waals surface area (Å²) in [6.45, 7) is 2.31. The Bertz CT molecular complexity index is 453. The van der Waals surface area contributed by atoms with E-state index in [2.05, 4.69) is 0 Å². The number of esters is 1. The summed E-state index contributed by atoms with van der Waals surface area (Å²) in [7, 11) is 1.49. The van der Waals surface area contributed by atoms with Crippen LogP contribution in [0, 0.1) is 11.3 Å². The van der Waals surface area contributed by atoms with Crippen LogP contribution < -0.4 is 10.5 Å². The molecule has 1 aromatic carbocycles. The predicted molar refractivity (Wildman–Crippen MR) is 65.9 cm³/mol. The van der Waals surface area contributed by atoms with Crippen molar-refractivity contribution in [2.24, 2.45) is 5.73 Å². The lowest BCUT2D eigenvalue weighted by molar-refractivity contribution is -0.142. The molecule has 0 radical (unpaired) electrons. The minimum atomic E-state index is -0.338. The number of ether oxygens (including phenoxy) is 2. The zero-order chi connectivity index (χ0) is 13.5. The Morgan fingerprint density at radius 2 is 2.22 bits per heavy atom. The predicted octanol–water partition coefficient (Wildman–Crippen LogP) is 1.13. The Balaban J connectivity index is 3.15. The summed E-state index contributed by atoms with van der Waals surface area (Å²) in [5.41, 5.74) is 7.49. The molecule has 2 N–H and O–H groups in total. The number of hydrogen-bond acceptors (Lipinski definition) is 5. The van der Waals surface area contributed by atoms with Gasteiger partial charge in [-0.25, -0.2) is 0 Å². The van der Waals surface area contributed by atoms with Gasteiger partial charge in [-0.2, -0.15) is 5.26 Å². The quantitative estimate of drug-likeness (QED) is 0.789. The first-order chi connectivity index (χ1) is 8.65. The molecule has 0 heterocycles. The van der Waals surface area contributed by atoms with Gasteiger partial charge < -0.3 is 15.2 Å². The van der Waals surface area contributed by atoms with Gasteiger partial charge in [-0.15, -0.1) is 0 Å². The maximum absolute atomic E-state index is 11.5. The van der Waals surface area contributed by atoms with Crippen molar-refractivity contribution in [2.75, 3.05) is 13.7 Å². The minimum Gasteiger partial charge on any atom is -0.496 e. The highest BCUT2D eigenvalue weighted by Gasteiger charge is 2.15. The van der Waals surface area contributed by atoms with Crippen LogP contribution in [0.1, 0.15) is 23.6 Å². The van der Waals surface area contributed by atoms with Crippen molar-refractivity contribution in [3.8, 4) is 11.8 Å². The van der Waals surface area contributed by atoms with Gasteiger partial charge in [0.1, 0.15) is 5.75 Å². The molecule has 1 aromatic rings. The van der Waals surface area contributed by atoms with Crippen molar-refractivity contribution in [1.29, 1.82) is 5.26 Å². The fraction of sp³-hybridized carbons (Fsp3) is 0.385. The fourth-order valence-electron chi connectivity index (χ4n) is 1.69. The van der Waals surface area contributed by atoms with Crippen molar-refractivity contribution in [1.82, 2.24) is 0 Å². The van der Waals surface area contributed by atoms with E-state index in [1.807, 2.05) is 6.07 Å². The Labute approximate surface area is 106 Å². The number of nitrogens with zero attached hydrogens (tertiary/aromatic N) is 1. The smallest absolute Gasteiger partial charge is 0.310 e. The summed E-state index contributed by atoms with van der Waals surface area (Å²) in [5, 5.41) is 8.90. The van der Waals surface area contributed by atoms with Crippen molar-refractivity contribution in [2.45, 2.75) is 19.9 Å². The number of nitriles is 1. The van der Waals surface area contributed by atoms with E-state index < -0.39 is 0 Å². The molecule has 0 aliphatic carbocycles. The van der Waals surface area contributed by atoms with Crippen molar-refractivity contribution in [3.05, 3.63) is 28.8 Å². The number of hydrogen-bond donors (Lipinski definition) is 1. The van der Waals surface area contributed by atoms with E-state index >= 15 is 0 Å². The third kappa shape index (κ3) is 3.22. The Hall–Kier alpha value is -2.06. The highest BCUT2D eigenvalue weighted by molar-refractivity contribution is 5.74. The van der Waals surface area contributed by atoms with Crippen molar-refractivity contribution in [3.63, 3.8) is 0 Å². The number of benzene rings is 1. The van der Waals surface area contributed by atoms with E-state index in [-0.39, 0.29) is 18.9 Å². The third-order valence-electron chi connectivity index (χ3n) is 2.50. The molecule has 96 valence electrons. The highest BCUT2D eigenvalue weighted by Crippen LogP contribution is 2.25. The van der Waals surface area contributed by atoms with Crippen LogP contribution in [-0.2, 0) is 22.5 Å². The molecule has 0 saturated carbocycles. The lowest BCUT2D eigenvalue weighted by Crippen LogP contribution is -2.12. The monoisotopic (exact) mass is 248 g/mol. The summed E-state index contributed by atoms with van der Waals surface area (Å²) in [5.74, 6) is 0.151.